The Hall–Kier alpha value is -3.01. The number of hydrogen-bond donors (Lipinski definition) is 1. The summed E-state index contributed by atoms with van der Waals surface area (Å²) < 4.78 is 12.8. The topological polar surface area (TPSA) is 45.0 Å². The molecule has 0 fully saturated rings. The molecule has 3 rings (SSSR count). The highest BCUT2D eigenvalue weighted by Gasteiger charge is 2.04. The van der Waals surface area contributed by atoms with Crippen LogP contribution in [-0.2, 0) is 0 Å². The number of benzene rings is 3. The Labute approximate surface area is 127 Å². The van der Waals surface area contributed by atoms with Crippen molar-refractivity contribution in [1.29, 1.82) is 0 Å². The molecule has 3 aromatic carbocycles. The number of rotatable bonds is 3. The third-order valence-corrected chi connectivity index (χ3v) is 3.18. The maximum Gasteiger partial charge on any atom is 0.143 e. The van der Waals surface area contributed by atoms with Crippen molar-refractivity contribution in [2.45, 2.75) is 0 Å². The molecule has 0 saturated heterocycles. The second-order valence-electron chi connectivity index (χ2n) is 4.75. The normalized spacial score (nSPS) is 11.0. The van der Waals surface area contributed by atoms with Gasteiger partial charge in [-0.15, -0.1) is 5.11 Å². The van der Waals surface area contributed by atoms with E-state index in [9.17, 15) is 9.50 Å². The van der Waals surface area contributed by atoms with E-state index in [2.05, 4.69) is 10.2 Å². The van der Waals surface area contributed by atoms with Crippen LogP contribution in [0.3, 0.4) is 0 Å². The molecule has 0 saturated carbocycles. The van der Waals surface area contributed by atoms with Crippen LogP contribution in [0.15, 0.2) is 83.0 Å². The molecule has 0 aromatic heterocycles. The quantitative estimate of drug-likeness (QED) is 0.626. The lowest BCUT2D eigenvalue weighted by Gasteiger charge is -2.04. The van der Waals surface area contributed by atoms with Crippen molar-refractivity contribution in [3.05, 3.63) is 78.6 Å². The molecule has 0 spiro atoms. The molecule has 22 heavy (non-hydrogen) atoms. The van der Waals surface area contributed by atoms with Crippen LogP contribution in [0.5, 0.6) is 5.75 Å². The predicted molar refractivity (Wildman–Crippen MR) is 84.1 cm³/mol. The van der Waals surface area contributed by atoms with Gasteiger partial charge in [-0.1, -0.05) is 36.4 Å². The Morgan fingerprint density at radius 1 is 0.727 bits per heavy atom. The van der Waals surface area contributed by atoms with E-state index in [1.807, 2.05) is 36.4 Å². The van der Waals surface area contributed by atoms with Crippen LogP contribution in [0, 0.1) is 5.82 Å². The average Bonchev–Trinajstić information content (AvgIpc) is 2.56. The highest BCUT2D eigenvalue weighted by molar-refractivity contribution is 5.70. The maximum absolute atomic E-state index is 12.8. The molecule has 1 N–H and O–H groups in total. The fourth-order valence-corrected chi connectivity index (χ4v) is 2.03. The predicted octanol–water partition coefficient (Wildman–Crippen LogP) is 5.61. The van der Waals surface area contributed by atoms with E-state index in [1.165, 1.54) is 24.3 Å². The highest BCUT2D eigenvalue weighted by atomic mass is 19.1. The molecule has 108 valence electrons. The van der Waals surface area contributed by atoms with Gasteiger partial charge in [0.2, 0.25) is 0 Å². The van der Waals surface area contributed by atoms with Crippen molar-refractivity contribution in [3.63, 3.8) is 0 Å². The van der Waals surface area contributed by atoms with Crippen molar-refractivity contribution >= 4 is 11.4 Å². The summed E-state index contributed by atoms with van der Waals surface area (Å²) in [6.07, 6.45) is 0. The van der Waals surface area contributed by atoms with Gasteiger partial charge in [-0.05, 0) is 47.5 Å². The monoisotopic (exact) mass is 292 g/mol. The molecule has 3 nitrogen and oxygen atoms in total. The zero-order chi connectivity index (χ0) is 15.4. The second kappa shape index (κ2) is 6.18. The fraction of sp³-hybridized carbons (Fsp3) is 0. The van der Waals surface area contributed by atoms with Crippen molar-refractivity contribution in [3.8, 4) is 16.9 Å². The van der Waals surface area contributed by atoms with Gasteiger partial charge in [0.05, 0.1) is 5.69 Å². The van der Waals surface area contributed by atoms with Crippen LogP contribution in [0.4, 0.5) is 15.8 Å². The van der Waals surface area contributed by atoms with Gasteiger partial charge in [0.25, 0.3) is 0 Å². The van der Waals surface area contributed by atoms with E-state index in [4.69, 9.17) is 0 Å². The summed E-state index contributed by atoms with van der Waals surface area (Å²) in [6.45, 7) is 0. The van der Waals surface area contributed by atoms with E-state index < -0.39 is 0 Å². The molecule has 0 amide bonds. The number of phenols is 1. The first-order valence-corrected chi connectivity index (χ1v) is 6.78. The van der Waals surface area contributed by atoms with Crippen LogP contribution in [0.25, 0.3) is 11.1 Å². The zero-order valence-corrected chi connectivity index (χ0v) is 11.6. The van der Waals surface area contributed by atoms with Gasteiger partial charge in [0.1, 0.15) is 17.3 Å². The first kappa shape index (κ1) is 13.9. The summed E-state index contributed by atoms with van der Waals surface area (Å²) in [5.74, 6) is -0.279. The Kier molecular flexibility index (Phi) is 3.92. The summed E-state index contributed by atoms with van der Waals surface area (Å²) in [6, 6.07) is 20.6. The number of aromatic hydroxyl groups is 1. The maximum atomic E-state index is 12.8. The third-order valence-electron chi connectivity index (χ3n) is 3.18. The lowest BCUT2D eigenvalue weighted by molar-refractivity contribution is 0.476. The van der Waals surface area contributed by atoms with Crippen molar-refractivity contribution in [2.24, 2.45) is 10.2 Å². The SMILES string of the molecule is Oc1ccc(-c2ccccc2)cc1N=Nc1ccc(F)cc1. The molecule has 0 aliphatic carbocycles. The third kappa shape index (κ3) is 3.17. The minimum Gasteiger partial charge on any atom is -0.506 e. The van der Waals surface area contributed by atoms with E-state index in [-0.39, 0.29) is 11.6 Å². The minimum absolute atomic E-state index is 0.0468. The molecule has 0 aliphatic heterocycles. The van der Waals surface area contributed by atoms with Crippen molar-refractivity contribution in [2.75, 3.05) is 0 Å². The molecule has 0 unspecified atom stereocenters. The van der Waals surface area contributed by atoms with E-state index in [1.54, 1.807) is 12.1 Å². The summed E-state index contributed by atoms with van der Waals surface area (Å²) >= 11 is 0. The molecule has 0 heterocycles. The first-order chi connectivity index (χ1) is 10.7. The largest absolute Gasteiger partial charge is 0.506 e. The fourth-order valence-electron chi connectivity index (χ4n) is 2.03. The number of azo groups is 1. The molecular weight excluding hydrogens is 279 g/mol. The number of phenolic OH excluding ortho intramolecular Hbond substituents is 1. The summed E-state index contributed by atoms with van der Waals surface area (Å²) in [5.41, 5.74) is 2.85. The highest BCUT2D eigenvalue weighted by Crippen LogP contribution is 2.33. The van der Waals surface area contributed by atoms with Crippen molar-refractivity contribution in [1.82, 2.24) is 0 Å². The van der Waals surface area contributed by atoms with Gasteiger partial charge >= 0.3 is 0 Å². The second-order valence-corrected chi connectivity index (χ2v) is 4.75. The lowest BCUT2D eigenvalue weighted by Crippen LogP contribution is -1.77. The lowest BCUT2D eigenvalue weighted by atomic mass is 10.1. The zero-order valence-electron chi connectivity index (χ0n) is 11.6. The van der Waals surface area contributed by atoms with Crippen LogP contribution in [-0.4, -0.2) is 5.11 Å². The summed E-state index contributed by atoms with van der Waals surface area (Å²) in [4.78, 5) is 0. The Morgan fingerprint density at radius 3 is 2.18 bits per heavy atom. The number of hydrogen-bond acceptors (Lipinski definition) is 3. The molecule has 0 aliphatic rings. The van der Waals surface area contributed by atoms with E-state index >= 15 is 0 Å². The molecule has 4 heteroatoms. The van der Waals surface area contributed by atoms with Gasteiger partial charge < -0.3 is 5.11 Å². The molecule has 0 atom stereocenters. The molecule has 0 radical (unpaired) electrons. The summed E-state index contributed by atoms with van der Waals surface area (Å²) in [5, 5.41) is 17.9. The van der Waals surface area contributed by atoms with Crippen LogP contribution in [0.2, 0.25) is 0 Å². The Balaban J connectivity index is 1.92. The first-order valence-electron chi connectivity index (χ1n) is 6.78. The number of nitrogens with zero attached hydrogens (tertiary/aromatic N) is 2. The van der Waals surface area contributed by atoms with E-state index in [0.29, 0.717) is 11.4 Å². The van der Waals surface area contributed by atoms with Gasteiger partial charge in [0.15, 0.2) is 0 Å². The molecule has 3 aromatic rings. The van der Waals surface area contributed by atoms with Gasteiger partial charge in [-0.25, -0.2) is 4.39 Å². The van der Waals surface area contributed by atoms with E-state index in [0.717, 1.165) is 11.1 Å². The Morgan fingerprint density at radius 2 is 1.45 bits per heavy atom. The standard InChI is InChI=1S/C18H13FN2O/c19-15-7-9-16(10-8-15)20-21-17-12-14(6-11-18(17)22)13-4-2-1-3-5-13/h1-12,22H. The molecular formula is C18H13FN2O. The van der Waals surface area contributed by atoms with Gasteiger partial charge in [-0.3, -0.25) is 0 Å². The minimum atomic E-state index is -0.326. The van der Waals surface area contributed by atoms with Crippen molar-refractivity contribution < 1.29 is 9.50 Å². The van der Waals surface area contributed by atoms with Crippen LogP contribution >= 0.6 is 0 Å². The summed E-state index contributed by atoms with van der Waals surface area (Å²) in [7, 11) is 0. The van der Waals surface area contributed by atoms with Crippen LogP contribution < -0.4 is 0 Å². The van der Waals surface area contributed by atoms with Gasteiger partial charge in [-0.2, -0.15) is 5.11 Å². The molecule has 0 bridgehead atoms. The Bertz CT molecular complexity index is 799. The average molecular weight is 292 g/mol. The number of halogens is 1. The smallest absolute Gasteiger partial charge is 0.143 e. The van der Waals surface area contributed by atoms with Gasteiger partial charge in [0, 0.05) is 0 Å². The van der Waals surface area contributed by atoms with Crippen LogP contribution in [0.1, 0.15) is 0 Å².